The van der Waals surface area contributed by atoms with Gasteiger partial charge in [-0.3, -0.25) is 0 Å². The van der Waals surface area contributed by atoms with Crippen molar-refractivity contribution in [2.45, 2.75) is 36.6 Å². The lowest BCUT2D eigenvalue weighted by Crippen LogP contribution is -2.30. The second kappa shape index (κ2) is 4.97. The Labute approximate surface area is 81.6 Å². The van der Waals surface area contributed by atoms with E-state index in [9.17, 15) is 9.59 Å². The number of hydrogen-bond donors (Lipinski definition) is 1. The number of rotatable bonds is 2. The molecule has 1 saturated carbocycles. The van der Waals surface area contributed by atoms with Crippen LogP contribution in [0.15, 0.2) is 9.98 Å². The van der Waals surface area contributed by atoms with Gasteiger partial charge in [0.1, 0.15) is 0 Å². The molecule has 70 valence electrons. The molecule has 13 heavy (non-hydrogen) atoms. The fourth-order valence-electron chi connectivity index (χ4n) is 1.51. The van der Waals surface area contributed by atoms with E-state index in [0.29, 0.717) is 6.42 Å². The van der Waals surface area contributed by atoms with E-state index < -0.39 is 0 Å². The minimum absolute atomic E-state index is 0.0528. The van der Waals surface area contributed by atoms with Crippen molar-refractivity contribution in [3.63, 3.8) is 0 Å². The average molecular weight is 198 g/mol. The Hall–Kier alpha value is -0.890. The van der Waals surface area contributed by atoms with Crippen molar-refractivity contribution >= 4 is 24.8 Å². The third-order valence-corrected chi connectivity index (χ3v) is 2.81. The molecule has 0 aromatic rings. The summed E-state index contributed by atoms with van der Waals surface area (Å²) in [6.07, 6.45) is 5.27. The highest BCUT2D eigenvalue weighted by Gasteiger charge is 2.27. The van der Waals surface area contributed by atoms with Crippen molar-refractivity contribution in [1.29, 1.82) is 0 Å². The minimum atomic E-state index is -0.156. The van der Waals surface area contributed by atoms with E-state index in [1.54, 1.807) is 0 Å². The molecule has 5 heteroatoms. The van der Waals surface area contributed by atoms with E-state index in [-0.39, 0.29) is 17.3 Å². The van der Waals surface area contributed by atoms with E-state index in [1.807, 2.05) is 0 Å². The molecule has 1 aliphatic rings. The van der Waals surface area contributed by atoms with Crippen molar-refractivity contribution in [2.24, 2.45) is 9.98 Å². The summed E-state index contributed by atoms with van der Waals surface area (Å²) in [5.41, 5.74) is 0. The predicted octanol–water partition coefficient (Wildman–Crippen LogP) is 0.877. The van der Waals surface area contributed by atoms with Crippen LogP contribution in [-0.2, 0) is 9.59 Å². The second-order valence-electron chi connectivity index (χ2n) is 3.04. The fraction of sp³-hybridized carbons (Fsp3) is 0.750. The summed E-state index contributed by atoms with van der Waals surface area (Å²) in [4.78, 5) is 27.3. The van der Waals surface area contributed by atoms with Crippen molar-refractivity contribution in [3.05, 3.63) is 0 Å². The summed E-state index contributed by atoms with van der Waals surface area (Å²) in [5.74, 6) is 0. The van der Waals surface area contributed by atoms with Crippen LogP contribution in [0.25, 0.3) is 0 Å². The summed E-state index contributed by atoms with van der Waals surface area (Å²) in [6, 6.07) is -0.209. The number of thiol groups is 1. The molecule has 0 aliphatic heterocycles. The van der Waals surface area contributed by atoms with Crippen LogP contribution in [0.2, 0.25) is 0 Å². The molecule has 0 bridgehead atoms. The first-order valence-electron chi connectivity index (χ1n) is 4.10. The average Bonchev–Trinajstić information content (AvgIpc) is 2.12. The zero-order valence-corrected chi connectivity index (χ0v) is 7.91. The molecule has 0 spiro atoms. The summed E-state index contributed by atoms with van der Waals surface area (Å²) in [5, 5.41) is 0.0829. The van der Waals surface area contributed by atoms with Crippen LogP contribution in [-0.4, -0.2) is 29.5 Å². The number of aliphatic imine (C=N–C) groups is 2. The van der Waals surface area contributed by atoms with Crippen LogP contribution in [0.1, 0.15) is 19.3 Å². The Morgan fingerprint density at radius 1 is 1.15 bits per heavy atom. The number of nitrogens with zero attached hydrogens (tertiary/aromatic N) is 2. The molecule has 3 atom stereocenters. The normalized spacial score (nSPS) is 32.8. The SMILES string of the molecule is O=C=NC1CCC(S)C(N=C=O)C1. The molecule has 0 aromatic carbocycles. The first-order valence-corrected chi connectivity index (χ1v) is 4.61. The lowest BCUT2D eigenvalue weighted by atomic mass is 9.91. The fourth-order valence-corrected chi connectivity index (χ4v) is 1.84. The molecular weight excluding hydrogens is 188 g/mol. The number of hydrogen-bond acceptors (Lipinski definition) is 5. The van der Waals surface area contributed by atoms with Gasteiger partial charge in [0.25, 0.3) is 0 Å². The highest BCUT2D eigenvalue weighted by atomic mass is 32.1. The van der Waals surface area contributed by atoms with Gasteiger partial charge in [-0.2, -0.15) is 12.6 Å². The van der Waals surface area contributed by atoms with Gasteiger partial charge < -0.3 is 0 Å². The van der Waals surface area contributed by atoms with E-state index in [0.717, 1.165) is 12.8 Å². The van der Waals surface area contributed by atoms with Gasteiger partial charge in [0.15, 0.2) is 0 Å². The molecule has 1 fully saturated rings. The summed E-state index contributed by atoms with van der Waals surface area (Å²) >= 11 is 4.29. The van der Waals surface area contributed by atoms with Crippen LogP contribution in [0.4, 0.5) is 0 Å². The summed E-state index contributed by atoms with van der Waals surface area (Å²) in [7, 11) is 0. The Morgan fingerprint density at radius 2 is 1.85 bits per heavy atom. The summed E-state index contributed by atoms with van der Waals surface area (Å²) < 4.78 is 0. The Morgan fingerprint density at radius 3 is 2.46 bits per heavy atom. The Bertz CT molecular complexity index is 269. The van der Waals surface area contributed by atoms with Gasteiger partial charge in [-0.15, -0.1) is 0 Å². The van der Waals surface area contributed by atoms with Crippen molar-refractivity contribution < 1.29 is 9.59 Å². The van der Waals surface area contributed by atoms with Crippen molar-refractivity contribution in [1.82, 2.24) is 0 Å². The van der Waals surface area contributed by atoms with Crippen LogP contribution in [0.3, 0.4) is 0 Å². The maximum atomic E-state index is 10.0. The maximum Gasteiger partial charge on any atom is 0.235 e. The molecule has 0 N–H and O–H groups in total. The molecule has 0 amide bonds. The van der Waals surface area contributed by atoms with Crippen LogP contribution in [0.5, 0.6) is 0 Å². The Balaban J connectivity index is 2.62. The number of isocyanates is 2. The molecule has 3 unspecified atom stereocenters. The zero-order chi connectivity index (χ0) is 9.68. The molecule has 1 rings (SSSR count). The van der Waals surface area contributed by atoms with Crippen molar-refractivity contribution in [2.75, 3.05) is 0 Å². The van der Waals surface area contributed by atoms with Crippen LogP contribution >= 0.6 is 12.6 Å². The lowest BCUT2D eigenvalue weighted by molar-refractivity contribution is 0.403. The zero-order valence-electron chi connectivity index (χ0n) is 7.01. The molecule has 0 saturated heterocycles. The van der Waals surface area contributed by atoms with E-state index in [4.69, 9.17) is 0 Å². The van der Waals surface area contributed by atoms with Gasteiger partial charge in [0.2, 0.25) is 12.2 Å². The number of carbonyl (C=O) groups excluding carboxylic acids is 2. The maximum absolute atomic E-state index is 10.0. The molecule has 0 radical (unpaired) electrons. The van der Waals surface area contributed by atoms with E-state index in [2.05, 4.69) is 22.6 Å². The third kappa shape index (κ3) is 2.81. The third-order valence-electron chi connectivity index (χ3n) is 2.21. The van der Waals surface area contributed by atoms with Crippen LogP contribution in [0, 0.1) is 0 Å². The first-order chi connectivity index (χ1) is 6.27. The van der Waals surface area contributed by atoms with Crippen LogP contribution < -0.4 is 0 Å². The minimum Gasteiger partial charge on any atom is -0.211 e. The monoisotopic (exact) mass is 198 g/mol. The van der Waals surface area contributed by atoms with E-state index in [1.165, 1.54) is 12.2 Å². The smallest absolute Gasteiger partial charge is 0.211 e. The first kappa shape index (κ1) is 10.2. The topological polar surface area (TPSA) is 58.9 Å². The van der Waals surface area contributed by atoms with Crippen molar-refractivity contribution in [3.8, 4) is 0 Å². The quantitative estimate of drug-likeness (QED) is 0.407. The highest BCUT2D eigenvalue weighted by molar-refractivity contribution is 7.81. The Kier molecular flexibility index (Phi) is 3.90. The van der Waals surface area contributed by atoms with Gasteiger partial charge in [-0.25, -0.2) is 19.6 Å². The second-order valence-corrected chi connectivity index (χ2v) is 3.71. The van der Waals surface area contributed by atoms with Gasteiger partial charge in [-0.05, 0) is 19.3 Å². The molecular formula is C8H10N2O2S. The van der Waals surface area contributed by atoms with Gasteiger partial charge in [0.05, 0.1) is 12.1 Å². The summed E-state index contributed by atoms with van der Waals surface area (Å²) in [6.45, 7) is 0. The van der Waals surface area contributed by atoms with E-state index >= 15 is 0 Å². The molecule has 1 aliphatic carbocycles. The van der Waals surface area contributed by atoms with Gasteiger partial charge in [0, 0.05) is 5.25 Å². The van der Waals surface area contributed by atoms with Gasteiger partial charge >= 0.3 is 0 Å². The molecule has 0 heterocycles. The molecule has 4 nitrogen and oxygen atoms in total. The lowest BCUT2D eigenvalue weighted by Gasteiger charge is -2.27. The van der Waals surface area contributed by atoms with Gasteiger partial charge in [-0.1, -0.05) is 0 Å². The highest BCUT2D eigenvalue weighted by Crippen LogP contribution is 2.26. The molecule has 0 aromatic heterocycles. The largest absolute Gasteiger partial charge is 0.235 e. The predicted molar refractivity (Wildman–Crippen MR) is 50.4 cm³/mol. The standard InChI is InChI=1S/C8H10N2O2S/c11-4-9-6-1-2-8(13)7(3-6)10-5-12/h6-8,13H,1-3H2.